The molecule has 142 valence electrons. The third-order valence-electron chi connectivity index (χ3n) is 5.37. The van der Waals surface area contributed by atoms with Gasteiger partial charge in [-0.2, -0.15) is 4.90 Å². The number of quaternary nitrogens is 1. The number of unbranched alkanes of at least 4 members (excludes halogenated alkanes) is 2. The van der Waals surface area contributed by atoms with Crippen molar-refractivity contribution in [1.82, 2.24) is 10.2 Å². The number of nitrogens with zero attached hydrogens (tertiary/aromatic N) is 4. The molecule has 0 aromatic carbocycles. The summed E-state index contributed by atoms with van der Waals surface area (Å²) in [4.78, 5) is 45.9. The van der Waals surface area contributed by atoms with Gasteiger partial charge in [0.2, 0.25) is 0 Å². The van der Waals surface area contributed by atoms with Crippen LogP contribution >= 0.6 is 0 Å². The third-order valence-corrected chi connectivity index (χ3v) is 5.37. The van der Waals surface area contributed by atoms with E-state index < -0.39 is 10.6 Å². The molecule has 8 heteroatoms. The first-order valence-electron chi connectivity index (χ1n) is 9.76. The number of fused-ring (bicyclic) bond motifs is 2. The van der Waals surface area contributed by atoms with E-state index in [1.807, 2.05) is 6.92 Å². The molecule has 0 saturated carbocycles. The van der Waals surface area contributed by atoms with E-state index >= 15 is 0 Å². The van der Waals surface area contributed by atoms with Gasteiger partial charge >= 0.3 is 17.6 Å². The van der Waals surface area contributed by atoms with Gasteiger partial charge in [0, 0.05) is 13.0 Å². The smallest absolute Gasteiger partial charge is 0.276 e. The van der Waals surface area contributed by atoms with Gasteiger partial charge in [0.1, 0.15) is 13.2 Å². The fourth-order valence-electron chi connectivity index (χ4n) is 4.10. The molecule has 3 rings (SSSR count). The second kappa shape index (κ2) is 7.36. The normalized spacial score (nSPS) is 27.7. The first kappa shape index (κ1) is 18.8. The Bertz CT molecular complexity index is 699. The largest absolute Gasteiger partial charge is 0.398 e. The van der Waals surface area contributed by atoms with Crippen LogP contribution in [0.4, 0.5) is 0 Å². The minimum atomic E-state index is -0.453. The number of rotatable bonds is 7. The Labute approximate surface area is 154 Å². The lowest BCUT2D eigenvalue weighted by molar-refractivity contribution is -1.22. The first-order valence-corrected chi connectivity index (χ1v) is 9.76. The van der Waals surface area contributed by atoms with Crippen LogP contribution in [0.2, 0.25) is 0 Å². The Morgan fingerprint density at radius 3 is 2.73 bits per heavy atom. The van der Waals surface area contributed by atoms with Crippen molar-refractivity contribution in [3.8, 4) is 0 Å². The number of hydrogen-bond donors (Lipinski definition) is 1. The molecule has 0 bridgehead atoms. The van der Waals surface area contributed by atoms with Crippen molar-refractivity contribution in [3.05, 3.63) is 16.3 Å². The molecule has 3 aliphatic rings. The van der Waals surface area contributed by atoms with Crippen LogP contribution in [0.3, 0.4) is 0 Å². The maximum absolute atomic E-state index is 13.4. The van der Waals surface area contributed by atoms with Gasteiger partial charge in [0.25, 0.3) is 5.84 Å². The molecule has 0 radical (unpaired) electrons. The molecule has 1 N–H and O–H groups in total. The molecule has 0 fully saturated rings. The van der Waals surface area contributed by atoms with E-state index in [2.05, 4.69) is 12.2 Å². The minimum Gasteiger partial charge on any atom is -0.276 e. The fraction of sp³-hybridized carbons (Fsp3) is 0.722. The number of aliphatic imine (C=N–C) groups is 1. The van der Waals surface area contributed by atoms with Gasteiger partial charge in [-0.15, -0.1) is 0 Å². The Kier molecular flexibility index (Phi) is 5.34. The average molecular weight is 363 g/mol. The summed E-state index contributed by atoms with van der Waals surface area (Å²) in [5.41, 5.74) is 0.702. The summed E-state index contributed by atoms with van der Waals surface area (Å²) in [6.07, 6.45) is 4.73. The van der Waals surface area contributed by atoms with Crippen LogP contribution in [0.25, 0.3) is 0 Å². The van der Waals surface area contributed by atoms with Crippen molar-refractivity contribution < 1.29 is 19.1 Å². The summed E-state index contributed by atoms with van der Waals surface area (Å²) in [7, 11) is 0. The maximum Gasteiger partial charge on any atom is 0.398 e. The first-order chi connectivity index (χ1) is 12.5. The highest BCUT2D eigenvalue weighted by atomic mass is 16.4. The quantitative estimate of drug-likeness (QED) is 0.425. The number of amides is 2. The van der Waals surface area contributed by atoms with Crippen molar-refractivity contribution in [2.75, 3.05) is 19.8 Å². The topological polar surface area (TPSA) is 81.8 Å². The Balaban J connectivity index is 2.02. The lowest BCUT2D eigenvalue weighted by Gasteiger charge is -2.21. The molecule has 2 amide bonds. The summed E-state index contributed by atoms with van der Waals surface area (Å²) in [6, 6.07) is -0.453. The lowest BCUT2D eigenvalue weighted by Crippen LogP contribution is -2.59. The summed E-state index contributed by atoms with van der Waals surface area (Å²) in [6.45, 7) is 6.98. The number of carbonyl (C=O) groups excluding carboxylic acids is 2. The van der Waals surface area contributed by atoms with Crippen LogP contribution in [0.15, 0.2) is 16.4 Å². The molecular weight excluding hydrogens is 334 g/mol. The van der Waals surface area contributed by atoms with Crippen LogP contribution in [0.5, 0.6) is 0 Å². The number of carbonyl (C=O) groups is 2. The van der Waals surface area contributed by atoms with Gasteiger partial charge in [-0.3, -0.25) is 5.32 Å². The average Bonchev–Trinajstić information content (AvgIpc) is 3.06. The lowest BCUT2D eigenvalue weighted by atomic mass is 10.1. The summed E-state index contributed by atoms with van der Waals surface area (Å²) < 4.78 is -0.396. The van der Waals surface area contributed by atoms with Crippen LogP contribution in [-0.4, -0.2) is 57.8 Å². The molecule has 8 nitrogen and oxygen atoms in total. The van der Waals surface area contributed by atoms with Crippen molar-refractivity contribution in [2.24, 2.45) is 4.99 Å². The molecule has 0 saturated heterocycles. The standard InChI is InChI=1S/C18H29N5O3/c1-4-7-8-9-14-18(25)23(10-5-2)16(20-14)13-11-19-12-21(15(24)6-3)17(13)22(23)26/h14,19H,4-12H2,1-3H3/q+2. The van der Waals surface area contributed by atoms with Crippen LogP contribution in [0.1, 0.15) is 59.3 Å². The predicted molar refractivity (Wildman–Crippen MR) is 96.5 cm³/mol. The zero-order valence-corrected chi connectivity index (χ0v) is 16.0. The molecule has 2 unspecified atom stereocenters. The number of amidine groups is 1. The maximum atomic E-state index is 13.4. The van der Waals surface area contributed by atoms with Crippen molar-refractivity contribution >= 4 is 17.6 Å². The van der Waals surface area contributed by atoms with Crippen molar-refractivity contribution in [2.45, 2.75) is 65.3 Å². The van der Waals surface area contributed by atoms with Gasteiger partial charge in [0.15, 0.2) is 16.5 Å². The molecule has 3 heterocycles. The zero-order valence-electron chi connectivity index (χ0n) is 16.0. The van der Waals surface area contributed by atoms with Gasteiger partial charge < -0.3 is 0 Å². The number of hydrogen-bond acceptors (Lipinski definition) is 5. The van der Waals surface area contributed by atoms with Crippen molar-refractivity contribution in [1.29, 1.82) is 0 Å². The summed E-state index contributed by atoms with van der Waals surface area (Å²) >= 11 is 0. The SMILES string of the molecule is CCCCCC1N=C2C3=C(N(C(=O)CC)CNC3)[N+](=O)[N+]2(CCC)C1=O. The molecular formula is C18H29N5O3+2. The van der Waals surface area contributed by atoms with Crippen molar-refractivity contribution in [3.63, 3.8) is 0 Å². The summed E-state index contributed by atoms with van der Waals surface area (Å²) in [5.74, 6) is 0.577. The molecule has 0 aromatic rings. The predicted octanol–water partition coefficient (Wildman–Crippen LogP) is 1.82. The third kappa shape index (κ3) is 2.63. The second-order valence-electron chi connectivity index (χ2n) is 7.13. The molecule has 0 aromatic heterocycles. The van der Waals surface area contributed by atoms with Crippen LogP contribution < -0.4 is 5.32 Å². The highest BCUT2D eigenvalue weighted by Crippen LogP contribution is 2.39. The van der Waals surface area contributed by atoms with Gasteiger partial charge in [-0.1, -0.05) is 40.0 Å². The van der Waals surface area contributed by atoms with E-state index in [-0.39, 0.29) is 18.5 Å². The second-order valence-corrected chi connectivity index (χ2v) is 7.13. The Hall–Kier alpha value is -1.93. The van der Waals surface area contributed by atoms with Gasteiger partial charge in [-0.25, -0.2) is 14.6 Å². The monoisotopic (exact) mass is 363 g/mol. The van der Waals surface area contributed by atoms with E-state index in [0.29, 0.717) is 49.6 Å². The van der Waals surface area contributed by atoms with E-state index in [0.717, 1.165) is 24.1 Å². The van der Waals surface area contributed by atoms with E-state index in [4.69, 9.17) is 4.99 Å². The molecule has 0 spiro atoms. The van der Waals surface area contributed by atoms with Crippen LogP contribution in [-0.2, 0) is 9.59 Å². The molecule has 2 atom stereocenters. The highest BCUT2D eigenvalue weighted by molar-refractivity contribution is 6.06. The number of nitrogens with one attached hydrogen (secondary N) is 1. The van der Waals surface area contributed by atoms with E-state index in [1.54, 1.807) is 6.92 Å². The highest BCUT2D eigenvalue weighted by Gasteiger charge is 2.70. The molecule has 3 aliphatic heterocycles. The van der Waals surface area contributed by atoms with Crippen LogP contribution in [0, 0.1) is 4.91 Å². The fourth-order valence-corrected chi connectivity index (χ4v) is 4.10. The van der Waals surface area contributed by atoms with E-state index in [9.17, 15) is 14.5 Å². The van der Waals surface area contributed by atoms with E-state index in [1.165, 1.54) is 4.90 Å². The summed E-state index contributed by atoms with van der Waals surface area (Å²) in [5, 5.41) is 3.18. The molecule has 0 aliphatic carbocycles. The Morgan fingerprint density at radius 1 is 1.31 bits per heavy atom. The zero-order chi connectivity index (χ0) is 18.9. The molecule has 26 heavy (non-hydrogen) atoms. The minimum absolute atomic E-state index is 0.131. The van der Waals surface area contributed by atoms with Gasteiger partial charge in [-0.05, 0) is 22.3 Å². The Morgan fingerprint density at radius 2 is 2.08 bits per heavy atom. The van der Waals surface area contributed by atoms with Gasteiger partial charge in [0.05, 0.1) is 0 Å². The number of nitroso groups, excluding NO2 is 1.